The Labute approximate surface area is 174 Å². The number of anilines is 1. The number of hydrogen-bond acceptors (Lipinski definition) is 4. The summed E-state index contributed by atoms with van der Waals surface area (Å²) in [7, 11) is 0. The molecular formula is C23H23N3O2S. The molecule has 1 aliphatic rings. The molecule has 0 atom stereocenters. The molecular weight excluding hydrogens is 382 g/mol. The van der Waals surface area contributed by atoms with E-state index >= 15 is 0 Å². The largest absolute Gasteiger partial charge is 0.339 e. The minimum Gasteiger partial charge on any atom is -0.339 e. The minimum atomic E-state index is -0.287. The molecule has 148 valence electrons. The third-order valence-electron chi connectivity index (χ3n) is 5.12. The zero-order valence-corrected chi connectivity index (χ0v) is 17.2. The summed E-state index contributed by atoms with van der Waals surface area (Å²) < 4.78 is 0. The first-order chi connectivity index (χ1) is 14.1. The molecule has 1 fully saturated rings. The second kappa shape index (κ2) is 8.57. The Balaban J connectivity index is 1.52. The highest BCUT2D eigenvalue weighted by Gasteiger charge is 2.24. The summed E-state index contributed by atoms with van der Waals surface area (Å²) in [6.07, 6.45) is 2.76. The van der Waals surface area contributed by atoms with Crippen LogP contribution in [0.15, 0.2) is 53.9 Å². The molecule has 5 nitrogen and oxygen atoms in total. The zero-order valence-electron chi connectivity index (χ0n) is 16.4. The number of carbonyl (C=O) groups excluding carboxylic acids is 2. The van der Waals surface area contributed by atoms with Crippen molar-refractivity contribution in [1.82, 2.24) is 9.88 Å². The molecule has 3 aromatic rings. The average Bonchev–Trinajstić information content (AvgIpc) is 3.42. The van der Waals surface area contributed by atoms with Crippen molar-refractivity contribution < 1.29 is 9.59 Å². The molecule has 4 rings (SSSR count). The fraction of sp³-hybridized carbons (Fsp3) is 0.261. The van der Waals surface area contributed by atoms with Crippen molar-refractivity contribution in [2.75, 3.05) is 18.4 Å². The predicted molar refractivity (Wildman–Crippen MR) is 116 cm³/mol. The van der Waals surface area contributed by atoms with Gasteiger partial charge in [0.05, 0.1) is 16.3 Å². The van der Waals surface area contributed by atoms with Crippen LogP contribution >= 0.6 is 11.3 Å². The Morgan fingerprint density at radius 2 is 1.83 bits per heavy atom. The fourth-order valence-electron chi connectivity index (χ4n) is 3.55. The summed E-state index contributed by atoms with van der Waals surface area (Å²) in [6.45, 7) is 3.45. The van der Waals surface area contributed by atoms with Crippen LogP contribution in [0.5, 0.6) is 0 Å². The third kappa shape index (κ3) is 4.38. The Morgan fingerprint density at radius 3 is 2.59 bits per heavy atom. The summed E-state index contributed by atoms with van der Waals surface area (Å²) in [5, 5.41) is 5.59. The summed E-state index contributed by atoms with van der Waals surface area (Å²) in [6, 6.07) is 15.6. The van der Waals surface area contributed by atoms with Crippen molar-refractivity contribution >= 4 is 28.8 Å². The molecule has 1 aliphatic heterocycles. The fourth-order valence-corrected chi connectivity index (χ4v) is 4.36. The van der Waals surface area contributed by atoms with Crippen LogP contribution in [0.2, 0.25) is 0 Å². The van der Waals surface area contributed by atoms with Crippen LogP contribution in [0.3, 0.4) is 0 Å². The summed E-state index contributed by atoms with van der Waals surface area (Å²) in [5.41, 5.74) is 3.52. The molecule has 0 unspecified atom stereocenters. The van der Waals surface area contributed by atoms with Crippen LogP contribution in [-0.2, 0) is 6.42 Å². The van der Waals surface area contributed by atoms with E-state index in [9.17, 15) is 9.59 Å². The second-order valence-corrected chi connectivity index (χ2v) is 8.18. The molecule has 29 heavy (non-hydrogen) atoms. The van der Waals surface area contributed by atoms with E-state index in [1.165, 1.54) is 11.3 Å². The van der Waals surface area contributed by atoms with Crippen LogP contribution < -0.4 is 5.32 Å². The first-order valence-corrected chi connectivity index (χ1v) is 10.7. The Bertz CT molecular complexity index is 1020. The highest BCUT2D eigenvalue weighted by molar-refractivity contribution is 7.09. The highest BCUT2D eigenvalue weighted by atomic mass is 32.1. The van der Waals surface area contributed by atoms with Gasteiger partial charge in [-0.15, -0.1) is 11.3 Å². The van der Waals surface area contributed by atoms with Gasteiger partial charge in [0.2, 0.25) is 0 Å². The van der Waals surface area contributed by atoms with E-state index in [1.54, 1.807) is 11.4 Å². The number of aryl methyl sites for hydroxylation is 1. The number of rotatable bonds is 5. The van der Waals surface area contributed by atoms with Gasteiger partial charge in [0.1, 0.15) is 5.69 Å². The number of aromatic nitrogens is 1. The van der Waals surface area contributed by atoms with Gasteiger partial charge in [-0.1, -0.05) is 42.5 Å². The van der Waals surface area contributed by atoms with Crippen LogP contribution in [-0.4, -0.2) is 34.8 Å². The standard InChI is InChI=1S/C23H23N3O2S/c1-16-8-7-11-18(23(28)26-12-5-6-13-26)21(16)25-22(27)19-15-29-20(24-19)14-17-9-3-2-4-10-17/h2-4,7-11,15H,5-6,12-14H2,1H3,(H,25,27). The van der Waals surface area contributed by atoms with Crippen molar-refractivity contribution in [3.05, 3.63) is 81.3 Å². The van der Waals surface area contributed by atoms with Gasteiger partial charge in [-0.25, -0.2) is 4.98 Å². The molecule has 2 amide bonds. The van der Waals surface area contributed by atoms with E-state index in [0.717, 1.165) is 42.1 Å². The lowest BCUT2D eigenvalue weighted by Crippen LogP contribution is -2.29. The highest BCUT2D eigenvalue weighted by Crippen LogP contribution is 2.25. The average molecular weight is 406 g/mol. The van der Waals surface area contributed by atoms with E-state index < -0.39 is 0 Å². The van der Waals surface area contributed by atoms with Crippen molar-refractivity contribution in [3.63, 3.8) is 0 Å². The van der Waals surface area contributed by atoms with Gasteiger partial charge >= 0.3 is 0 Å². The van der Waals surface area contributed by atoms with Crippen molar-refractivity contribution in [3.8, 4) is 0 Å². The number of thiazole rings is 1. The SMILES string of the molecule is Cc1cccc(C(=O)N2CCCC2)c1NC(=O)c1csc(Cc2ccccc2)n1. The lowest BCUT2D eigenvalue weighted by atomic mass is 10.1. The van der Waals surface area contributed by atoms with Crippen LogP contribution in [0.4, 0.5) is 5.69 Å². The van der Waals surface area contributed by atoms with Crippen LogP contribution in [0.25, 0.3) is 0 Å². The number of likely N-dealkylation sites (tertiary alicyclic amines) is 1. The molecule has 1 aromatic heterocycles. The molecule has 0 spiro atoms. The number of carbonyl (C=O) groups is 2. The first-order valence-electron chi connectivity index (χ1n) is 9.80. The summed E-state index contributed by atoms with van der Waals surface area (Å²) in [4.78, 5) is 32.1. The molecule has 0 radical (unpaired) electrons. The molecule has 0 saturated carbocycles. The summed E-state index contributed by atoms with van der Waals surface area (Å²) in [5.74, 6) is -0.310. The van der Waals surface area contributed by atoms with Crippen LogP contribution in [0, 0.1) is 6.92 Å². The quantitative estimate of drug-likeness (QED) is 0.678. The number of para-hydroxylation sites is 1. The minimum absolute atomic E-state index is 0.0236. The molecule has 6 heteroatoms. The number of nitrogens with one attached hydrogen (secondary N) is 1. The number of amides is 2. The molecule has 2 heterocycles. The van der Waals surface area contributed by atoms with Crippen molar-refractivity contribution in [2.24, 2.45) is 0 Å². The third-order valence-corrected chi connectivity index (χ3v) is 5.97. The summed E-state index contributed by atoms with van der Waals surface area (Å²) >= 11 is 1.47. The van der Waals surface area contributed by atoms with Crippen molar-refractivity contribution in [1.29, 1.82) is 0 Å². The van der Waals surface area contributed by atoms with E-state index in [2.05, 4.69) is 10.3 Å². The molecule has 1 N–H and O–H groups in total. The van der Waals surface area contributed by atoms with Gasteiger partial charge in [-0.05, 0) is 37.0 Å². The number of benzene rings is 2. The van der Waals surface area contributed by atoms with Gasteiger partial charge in [0, 0.05) is 24.9 Å². The van der Waals surface area contributed by atoms with E-state index in [-0.39, 0.29) is 11.8 Å². The van der Waals surface area contributed by atoms with Gasteiger partial charge in [-0.2, -0.15) is 0 Å². The Morgan fingerprint density at radius 1 is 1.07 bits per heavy atom. The predicted octanol–water partition coefficient (Wildman–Crippen LogP) is 4.53. The monoisotopic (exact) mass is 405 g/mol. The maximum Gasteiger partial charge on any atom is 0.275 e. The maximum atomic E-state index is 12.9. The lowest BCUT2D eigenvalue weighted by Gasteiger charge is -2.19. The second-order valence-electron chi connectivity index (χ2n) is 7.24. The zero-order chi connectivity index (χ0) is 20.2. The molecule has 0 bridgehead atoms. The van der Waals surface area contributed by atoms with Crippen molar-refractivity contribution in [2.45, 2.75) is 26.2 Å². The molecule has 1 saturated heterocycles. The topological polar surface area (TPSA) is 62.3 Å². The van der Waals surface area contributed by atoms with E-state index in [4.69, 9.17) is 0 Å². The van der Waals surface area contributed by atoms with E-state index in [0.29, 0.717) is 23.4 Å². The number of hydrogen-bond donors (Lipinski definition) is 1. The lowest BCUT2D eigenvalue weighted by molar-refractivity contribution is 0.0794. The Hall–Kier alpha value is -2.99. The van der Waals surface area contributed by atoms with Gasteiger partial charge in [0.15, 0.2) is 0 Å². The number of nitrogens with zero attached hydrogens (tertiary/aromatic N) is 2. The first kappa shape index (κ1) is 19.3. The Kier molecular flexibility index (Phi) is 5.71. The molecule has 0 aliphatic carbocycles. The van der Waals surface area contributed by atoms with Crippen LogP contribution in [0.1, 0.15) is 49.8 Å². The smallest absolute Gasteiger partial charge is 0.275 e. The normalized spacial score (nSPS) is 13.5. The maximum absolute atomic E-state index is 12.9. The molecule has 2 aromatic carbocycles. The van der Waals surface area contributed by atoms with E-state index in [1.807, 2.05) is 54.3 Å². The van der Waals surface area contributed by atoms with Gasteiger partial charge in [-0.3, -0.25) is 9.59 Å². The van der Waals surface area contributed by atoms with Gasteiger partial charge in [0.25, 0.3) is 11.8 Å². The van der Waals surface area contributed by atoms with Gasteiger partial charge < -0.3 is 10.2 Å².